The van der Waals surface area contributed by atoms with Gasteiger partial charge in [0.15, 0.2) is 0 Å². The Bertz CT molecular complexity index is 1140. The monoisotopic (exact) mass is 395 g/mol. The Morgan fingerprint density at radius 2 is 1.38 bits per heavy atom. The van der Waals surface area contributed by atoms with Crippen LogP contribution in [0.3, 0.4) is 0 Å². The van der Waals surface area contributed by atoms with Gasteiger partial charge in [0, 0.05) is 5.56 Å². The molecule has 0 amide bonds. The molecule has 0 unspecified atom stereocenters. The first kappa shape index (κ1) is 19.6. The molecule has 2 heteroatoms. The van der Waals surface area contributed by atoms with E-state index in [1.54, 1.807) is 0 Å². The van der Waals surface area contributed by atoms with Crippen LogP contribution in [-0.2, 0) is 0 Å². The molecule has 29 heavy (non-hydrogen) atoms. The number of aromatic nitrogens is 1. The minimum Gasteiger partial charge on any atom is -0.248 e. The molecule has 0 N–H and O–H groups in total. The molecule has 1 aromatic heterocycles. The molecule has 3 aromatic carbocycles. The molecule has 146 valence electrons. The molecule has 0 fully saturated rings. The predicted octanol–water partition coefficient (Wildman–Crippen LogP) is 7.24. The lowest BCUT2D eigenvalue weighted by Gasteiger charge is -2.21. The summed E-state index contributed by atoms with van der Waals surface area (Å²) in [6, 6.07) is 28.6. The Morgan fingerprint density at radius 3 is 2.00 bits per heavy atom. The molecular formula is C27H29NSi. The lowest BCUT2D eigenvalue weighted by Crippen LogP contribution is -2.38. The molecule has 0 bridgehead atoms. The molecule has 1 nitrogen and oxygen atoms in total. The van der Waals surface area contributed by atoms with Crippen molar-refractivity contribution in [3.8, 4) is 22.4 Å². The highest BCUT2D eigenvalue weighted by Crippen LogP contribution is 2.28. The van der Waals surface area contributed by atoms with Gasteiger partial charge in [-0.2, -0.15) is 0 Å². The largest absolute Gasteiger partial charge is 0.248 e. The van der Waals surface area contributed by atoms with E-state index in [1.807, 2.05) is 0 Å². The van der Waals surface area contributed by atoms with Gasteiger partial charge in [0.1, 0.15) is 0 Å². The van der Waals surface area contributed by atoms with E-state index in [0.29, 0.717) is 5.92 Å². The lowest BCUT2D eigenvalue weighted by atomic mass is 10.00. The number of nitrogens with zero attached hydrogens (tertiary/aromatic N) is 1. The summed E-state index contributed by atoms with van der Waals surface area (Å²) in [6.45, 7) is 11.7. The molecule has 0 spiro atoms. The van der Waals surface area contributed by atoms with E-state index >= 15 is 0 Å². The number of pyridine rings is 1. The number of hydrogen-bond acceptors (Lipinski definition) is 1. The van der Waals surface area contributed by atoms with E-state index in [1.165, 1.54) is 32.8 Å². The first-order valence-electron chi connectivity index (χ1n) is 10.4. The zero-order valence-electron chi connectivity index (χ0n) is 18.0. The van der Waals surface area contributed by atoms with Gasteiger partial charge >= 0.3 is 0 Å². The molecule has 0 saturated carbocycles. The van der Waals surface area contributed by atoms with Crippen LogP contribution in [0.1, 0.15) is 25.3 Å². The highest BCUT2D eigenvalue weighted by atomic mass is 28.3. The fourth-order valence-corrected chi connectivity index (χ4v) is 5.46. The Balaban J connectivity index is 1.89. The van der Waals surface area contributed by atoms with Crippen LogP contribution in [-0.4, -0.2) is 13.1 Å². The zero-order valence-corrected chi connectivity index (χ0v) is 19.0. The van der Waals surface area contributed by atoms with E-state index in [-0.39, 0.29) is 0 Å². The van der Waals surface area contributed by atoms with Gasteiger partial charge in [-0.05, 0) is 40.1 Å². The average Bonchev–Trinajstić information content (AvgIpc) is 2.72. The fourth-order valence-electron chi connectivity index (χ4n) is 3.85. The van der Waals surface area contributed by atoms with E-state index in [2.05, 4.69) is 112 Å². The third kappa shape index (κ3) is 4.04. The molecule has 0 aliphatic heterocycles. The van der Waals surface area contributed by atoms with Gasteiger partial charge in [-0.3, -0.25) is 0 Å². The highest BCUT2D eigenvalue weighted by molar-refractivity contribution is 6.90. The van der Waals surface area contributed by atoms with Crippen LogP contribution in [0.15, 0.2) is 78.9 Å². The molecule has 1 heterocycles. The quantitative estimate of drug-likeness (QED) is 0.332. The standard InChI is InChI=1S/C27H29NSi/c1-19(2)20-11-13-22(14-12-20)25-16-15-24-26(28-25)17-23(18-27(24)29(3,4)5)21-9-7-6-8-10-21/h6-19H,1-5H3. The van der Waals surface area contributed by atoms with Crippen molar-refractivity contribution in [2.75, 3.05) is 0 Å². The Kier molecular flexibility index (Phi) is 5.14. The maximum atomic E-state index is 5.10. The summed E-state index contributed by atoms with van der Waals surface area (Å²) in [5.74, 6) is 0.543. The van der Waals surface area contributed by atoms with Gasteiger partial charge in [0.2, 0.25) is 0 Å². The molecule has 0 atom stereocenters. The van der Waals surface area contributed by atoms with Crippen LogP contribution >= 0.6 is 0 Å². The SMILES string of the molecule is CC(C)c1ccc(-c2ccc3c([Si](C)(C)C)cc(-c4ccccc4)cc3n2)cc1. The summed E-state index contributed by atoms with van der Waals surface area (Å²) in [5, 5.41) is 2.77. The van der Waals surface area contributed by atoms with Crippen molar-refractivity contribution >= 4 is 24.2 Å². The first-order valence-corrected chi connectivity index (χ1v) is 13.9. The summed E-state index contributed by atoms with van der Waals surface area (Å²) < 4.78 is 0. The van der Waals surface area contributed by atoms with Crippen molar-refractivity contribution in [3.63, 3.8) is 0 Å². The van der Waals surface area contributed by atoms with Gasteiger partial charge < -0.3 is 0 Å². The van der Waals surface area contributed by atoms with Gasteiger partial charge in [-0.15, -0.1) is 0 Å². The summed E-state index contributed by atoms with van der Waals surface area (Å²) in [5.41, 5.74) is 7.18. The molecule has 4 rings (SSSR count). The molecule has 0 aliphatic carbocycles. The van der Waals surface area contributed by atoms with Gasteiger partial charge in [-0.1, -0.05) is 105 Å². The van der Waals surface area contributed by atoms with Crippen LogP contribution < -0.4 is 5.19 Å². The first-order chi connectivity index (χ1) is 13.8. The van der Waals surface area contributed by atoms with Gasteiger partial charge in [0.05, 0.1) is 19.3 Å². The van der Waals surface area contributed by atoms with Crippen molar-refractivity contribution in [1.82, 2.24) is 4.98 Å². The zero-order chi connectivity index (χ0) is 20.6. The van der Waals surface area contributed by atoms with Crippen LogP contribution in [0.2, 0.25) is 19.6 Å². The highest BCUT2D eigenvalue weighted by Gasteiger charge is 2.21. The summed E-state index contributed by atoms with van der Waals surface area (Å²) in [7, 11) is -1.52. The van der Waals surface area contributed by atoms with Crippen molar-refractivity contribution in [2.45, 2.75) is 39.4 Å². The smallest absolute Gasteiger partial charge is 0.0785 e. The predicted molar refractivity (Wildman–Crippen MR) is 130 cm³/mol. The molecule has 0 saturated heterocycles. The Labute approximate surface area is 175 Å². The minimum absolute atomic E-state index is 0.543. The lowest BCUT2D eigenvalue weighted by molar-refractivity contribution is 0.867. The van der Waals surface area contributed by atoms with Crippen molar-refractivity contribution in [3.05, 3.63) is 84.4 Å². The maximum absolute atomic E-state index is 5.10. The molecule has 0 radical (unpaired) electrons. The molecule has 4 aromatic rings. The van der Waals surface area contributed by atoms with E-state index in [0.717, 1.165) is 11.2 Å². The number of fused-ring (bicyclic) bond motifs is 1. The van der Waals surface area contributed by atoms with E-state index < -0.39 is 8.07 Å². The van der Waals surface area contributed by atoms with Crippen LogP contribution in [0.25, 0.3) is 33.3 Å². The third-order valence-electron chi connectivity index (χ3n) is 5.60. The average molecular weight is 396 g/mol. The fraction of sp³-hybridized carbons (Fsp3) is 0.222. The van der Waals surface area contributed by atoms with Crippen LogP contribution in [0.5, 0.6) is 0 Å². The second-order valence-corrected chi connectivity index (χ2v) is 14.2. The number of hydrogen-bond donors (Lipinski definition) is 0. The third-order valence-corrected chi connectivity index (χ3v) is 7.62. The van der Waals surface area contributed by atoms with E-state index in [4.69, 9.17) is 4.98 Å². The van der Waals surface area contributed by atoms with Gasteiger partial charge in [-0.25, -0.2) is 4.98 Å². The summed E-state index contributed by atoms with van der Waals surface area (Å²) >= 11 is 0. The summed E-state index contributed by atoms with van der Waals surface area (Å²) in [4.78, 5) is 5.10. The van der Waals surface area contributed by atoms with E-state index in [9.17, 15) is 0 Å². The number of benzene rings is 3. The normalized spacial score (nSPS) is 11.9. The van der Waals surface area contributed by atoms with Crippen molar-refractivity contribution in [1.29, 1.82) is 0 Å². The Morgan fingerprint density at radius 1 is 0.690 bits per heavy atom. The summed E-state index contributed by atoms with van der Waals surface area (Å²) in [6.07, 6.45) is 0. The van der Waals surface area contributed by atoms with Crippen LogP contribution in [0.4, 0.5) is 0 Å². The maximum Gasteiger partial charge on any atom is 0.0785 e. The minimum atomic E-state index is -1.52. The number of rotatable bonds is 4. The Hall–Kier alpha value is -2.71. The van der Waals surface area contributed by atoms with Gasteiger partial charge in [0.25, 0.3) is 0 Å². The second kappa shape index (κ2) is 7.60. The van der Waals surface area contributed by atoms with Crippen molar-refractivity contribution < 1.29 is 0 Å². The van der Waals surface area contributed by atoms with Crippen LogP contribution in [0, 0.1) is 0 Å². The van der Waals surface area contributed by atoms with Crippen molar-refractivity contribution in [2.24, 2.45) is 0 Å². The second-order valence-electron chi connectivity index (χ2n) is 9.18. The molecule has 0 aliphatic rings. The molecular weight excluding hydrogens is 366 g/mol. The topological polar surface area (TPSA) is 12.9 Å².